The van der Waals surface area contributed by atoms with E-state index in [0.29, 0.717) is 17.2 Å². The first-order valence-corrected chi connectivity index (χ1v) is 6.87. The molecule has 0 aromatic heterocycles. The second-order valence-electron chi connectivity index (χ2n) is 4.18. The molecule has 0 spiro atoms. The number of alkyl halides is 1. The third-order valence-electron chi connectivity index (χ3n) is 2.81. The Balaban J connectivity index is 2.03. The number of hydrogen-bond donors (Lipinski definition) is 0. The van der Waals surface area contributed by atoms with E-state index in [-0.39, 0.29) is 12.4 Å². The van der Waals surface area contributed by atoms with Crippen molar-refractivity contribution in [2.24, 2.45) is 0 Å². The van der Waals surface area contributed by atoms with Gasteiger partial charge in [0.2, 0.25) is 0 Å². The molecule has 0 N–H and O–H groups in total. The van der Waals surface area contributed by atoms with Crippen LogP contribution in [-0.2, 0) is 6.61 Å². The molecule has 4 heteroatoms. The largest absolute Gasteiger partial charge is 0.494 e. The lowest BCUT2D eigenvalue weighted by Gasteiger charge is -2.09. The number of rotatable bonds is 4. The van der Waals surface area contributed by atoms with Crippen LogP contribution in [0.5, 0.6) is 11.5 Å². The van der Waals surface area contributed by atoms with Crippen LogP contribution in [0.1, 0.15) is 11.1 Å². The van der Waals surface area contributed by atoms with E-state index in [1.54, 1.807) is 30.3 Å². The second-order valence-corrected chi connectivity index (χ2v) is 4.45. The van der Waals surface area contributed by atoms with Crippen molar-refractivity contribution in [3.8, 4) is 23.3 Å². The molecule has 2 aromatic carbocycles. The molecule has 2 rings (SSSR count). The summed E-state index contributed by atoms with van der Waals surface area (Å²) in [5, 5.41) is 0. The zero-order valence-corrected chi connectivity index (χ0v) is 12.3. The Kier molecular flexibility index (Phi) is 5.48. The average Bonchev–Trinajstić information content (AvgIpc) is 2.53. The van der Waals surface area contributed by atoms with Crippen LogP contribution in [0.3, 0.4) is 0 Å². The third kappa shape index (κ3) is 4.14. The van der Waals surface area contributed by atoms with E-state index in [0.717, 1.165) is 5.56 Å². The highest BCUT2D eigenvalue weighted by atomic mass is 35.5. The topological polar surface area (TPSA) is 18.5 Å². The fourth-order valence-electron chi connectivity index (χ4n) is 1.76. The predicted molar refractivity (Wildman–Crippen MR) is 81.3 cm³/mol. The van der Waals surface area contributed by atoms with Crippen molar-refractivity contribution < 1.29 is 13.9 Å². The third-order valence-corrected chi connectivity index (χ3v) is 2.95. The number of halogens is 2. The highest BCUT2D eigenvalue weighted by Crippen LogP contribution is 2.21. The summed E-state index contributed by atoms with van der Waals surface area (Å²) in [5.74, 6) is 6.44. The maximum Gasteiger partial charge on any atom is 0.171 e. The van der Waals surface area contributed by atoms with Crippen LogP contribution in [0.4, 0.5) is 4.39 Å². The van der Waals surface area contributed by atoms with Gasteiger partial charge in [0.15, 0.2) is 11.6 Å². The molecule has 0 radical (unpaired) electrons. The van der Waals surface area contributed by atoms with Gasteiger partial charge >= 0.3 is 0 Å². The van der Waals surface area contributed by atoms with Crippen LogP contribution in [0.25, 0.3) is 0 Å². The summed E-state index contributed by atoms with van der Waals surface area (Å²) >= 11 is 5.50. The van der Waals surface area contributed by atoms with Gasteiger partial charge in [0, 0.05) is 11.1 Å². The van der Waals surface area contributed by atoms with Gasteiger partial charge in [-0.3, -0.25) is 0 Å². The maximum atomic E-state index is 13.9. The Morgan fingerprint density at radius 3 is 2.57 bits per heavy atom. The molecule has 2 aromatic rings. The minimum absolute atomic E-state index is 0.135. The van der Waals surface area contributed by atoms with Crippen LogP contribution in [0.15, 0.2) is 42.5 Å². The molecule has 0 saturated heterocycles. The highest BCUT2D eigenvalue weighted by Gasteiger charge is 2.08. The maximum absolute atomic E-state index is 13.9. The first-order valence-electron chi connectivity index (χ1n) is 6.33. The number of methoxy groups -OCH3 is 1. The predicted octanol–water partition coefficient (Wildman–Crippen LogP) is 4.00. The minimum atomic E-state index is -0.399. The quantitative estimate of drug-likeness (QED) is 0.628. The Morgan fingerprint density at radius 1 is 1.14 bits per heavy atom. The number of ether oxygens (including phenoxy) is 2. The molecule has 0 bridgehead atoms. The first-order chi connectivity index (χ1) is 10.2. The molecule has 0 amide bonds. The van der Waals surface area contributed by atoms with Gasteiger partial charge < -0.3 is 9.47 Å². The average molecular weight is 305 g/mol. The standard InChI is InChI=1S/C17H14ClFO2/c1-20-16-6-2-5-14(17(16)19)12-21-15-9-7-13(8-10-15)4-3-11-18/h2,5-10H,11-12H2,1H3. The molecule has 0 heterocycles. The molecule has 21 heavy (non-hydrogen) atoms. The molecule has 0 unspecified atom stereocenters. The summed E-state index contributed by atoms with van der Waals surface area (Å²) in [6, 6.07) is 12.2. The van der Waals surface area contributed by atoms with Crippen molar-refractivity contribution in [2.45, 2.75) is 6.61 Å². The first kappa shape index (κ1) is 15.2. The molecule has 0 atom stereocenters. The van der Waals surface area contributed by atoms with Gasteiger partial charge in [-0.1, -0.05) is 24.0 Å². The molecule has 2 nitrogen and oxygen atoms in total. The molecule has 0 aliphatic heterocycles. The van der Waals surface area contributed by atoms with E-state index in [9.17, 15) is 4.39 Å². The minimum Gasteiger partial charge on any atom is -0.494 e. The molecule has 0 saturated carbocycles. The van der Waals surface area contributed by atoms with E-state index in [4.69, 9.17) is 21.1 Å². The van der Waals surface area contributed by atoms with Gasteiger partial charge in [-0.05, 0) is 30.3 Å². The molecule has 0 fully saturated rings. The van der Waals surface area contributed by atoms with Crippen molar-refractivity contribution >= 4 is 11.6 Å². The number of benzene rings is 2. The second kappa shape index (κ2) is 7.56. The lowest BCUT2D eigenvalue weighted by atomic mass is 10.2. The normalized spacial score (nSPS) is 9.67. The van der Waals surface area contributed by atoms with Gasteiger partial charge in [-0.15, -0.1) is 11.6 Å². The van der Waals surface area contributed by atoms with Crippen LogP contribution >= 0.6 is 11.6 Å². The lowest BCUT2D eigenvalue weighted by molar-refractivity contribution is 0.295. The van der Waals surface area contributed by atoms with E-state index in [2.05, 4.69) is 11.8 Å². The van der Waals surface area contributed by atoms with Crippen LogP contribution < -0.4 is 9.47 Å². The van der Waals surface area contributed by atoms with E-state index >= 15 is 0 Å². The number of hydrogen-bond acceptors (Lipinski definition) is 2. The summed E-state index contributed by atoms with van der Waals surface area (Å²) in [6.07, 6.45) is 0. The van der Waals surface area contributed by atoms with Gasteiger partial charge in [-0.25, -0.2) is 4.39 Å². The van der Waals surface area contributed by atoms with Gasteiger partial charge in [-0.2, -0.15) is 0 Å². The smallest absolute Gasteiger partial charge is 0.171 e. The highest BCUT2D eigenvalue weighted by molar-refractivity contribution is 6.19. The molecule has 0 aliphatic rings. The van der Waals surface area contributed by atoms with Crippen molar-refractivity contribution in [3.05, 3.63) is 59.4 Å². The van der Waals surface area contributed by atoms with Gasteiger partial charge in [0.05, 0.1) is 13.0 Å². The lowest BCUT2D eigenvalue weighted by Crippen LogP contribution is -2.00. The zero-order chi connectivity index (χ0) is 15.1. The van der Waals surface area contributed by atoms with Crippen molar-refractivity contribution in [1.29, 1.82) is 0 Å². The van der Waals surface area contributed by atoms with Crippen molar-refractivity contribution in [1.82, 2.24) is 0 Å². The summed E-state index contributed by atoms with van der Waals surface area (Å²) in [4.78, 5) is 0. The molecular weight excluding hydrogens is 291 g/mol. The van der Waals surface area contributed by atoms with Crippen LogP contribution in [-0.4, -0.2) is 13.0 Å². The summed E-state index contributed by atoms with van der Waals surface area (Å²) in [6.45, 7) is 0.135. The zero-order valence-electron chi connectivity index (χ0n) is 11.5. The van der Waals surface area contributed by atoms with Crippen molar-refractivity contribution in [3.63, 3.8) is 0 Å². The Labute approximate surface area is 128 Å². The SMILES string of the molecule is COc1cccc(COc2ccc(C#CCCl)cc2)c1F. The Bertz CT molecular complexity index is 657. The van der Waals surface area contributed by atoms with E-state index < -0.39 is 5.82 Å². The fraction of sp³-hybridized carbons (Fsp3) is 0.176. The van der Waals surface area contributed by atoms with Crippen LogP contribution in [0.2, 0.25) is 0 Å². The van der Waals surface area contributed by atoms with E-state index in [1.165, 1.54) is 7.11 Å². The van der Waals surface area contributed by atoms with Gasteiger partial charge in [0.25, 0.3) is 0 Å². The Hall–Kier alpha value is -2.18. The fourth-order valence-corrected chi connectivity index (χ4v) is 1.82. The van der Waals surface area contributed by atoms with Crippen molar-refractivity contribution in [2.75, 3.05) is 13.0 Å². The molecule has 0 aliphatic carbocycles. The summed E-state index contributed by atoms with van der Waals surface area (Å²) < 4.78 is 24.4. The van der Waals surface area contributed by atoms with E-state index in [1.807, 2.05) is 12.1 Å². The van der Waals surface area contributed by atoms with Gasteiger partial charge in [0.1, 0.15) is 12.4 Å². The monoisotopic (exact) mass is 304 g/mol. The summed E-state index contributed by atoms with van der Waals surface area (Å²) in [7, 11) is 1.43. The molecular formula is C17H14ClFO2. The van der Waals surface area contributed by atoms with Crippen LogP contribution in [0, 0.1) is 17.7 Å². The Morgan fingerprint density at radius 2 is 1.90 bits per heavy atom. The summed E-state index contributed by atoms with van der Waals surface area (Å²) in [5.41, 5.74) is 1.30. The molecule has 108 valence electrons.